The molecule has 0 spiro atoms. The van der Waals surface area contributed by atoms with Crippen molar-refractivity contribution in [3.05, 3.63) is 57.6 Å². The molecule has 1 aliphatic rings. The van der Waals surface area contributed by atoms with Crippen molar-refractivity contribution in [2.24, 2.45) is 0 Å². The van der Waals surface area contributed by atoms with Crippen LogP contribution >= 0.6 is 15.9 Å². The van der Waals surface area contributed by atoms with Gasteiger partial charge in [-0.2, -0.15) is 0 Å². The largest absolute Gasteiger partial charge is 0.493 e. The summed E-state index contributed by atoms with van der Waals surface area (Å²) in [6.07, 6.45) is 1.79. The third-order valence-corrected chi connectivity index (χ3v) is 4.82. The molecule has 3 rings (SSSR count). The second-order valence-electron chi connectivity index (χ2n) is 5.31. The van der Waals surface area contributed by atoms with Crippen LogP contribution in [0.3, 0.4) is 0 Å². The minimum atomic E-state index is 0.0438. The fourth-order valence-electron chi connectivity index (χ4n) is 2.89. The highest BCUT2D eigenvalue weighted by molar-refractivity contribution is 9.10. The summed E-state index contributed by atoms with van der Waals surface area (Å²) in [4.78, 5) is 0. The summed E-state index contributed by atoms with van der Waals surface area (Å²) < 4.78 is 18.0. The molecule has 0 aromatic heterocycles. The lowest BCUT2D eigenvalue weighted by Gasteiger charge is -2.27. The lowest BCUT2D eigenvalue weighted by atomic mass is 9.93. The molecule has 2 aromatic carbocycles. The summed E-state index contributed by atoms with van der Waals surface area (Å²) in [5.74, 6) is 1.53. The second-order valence-corrected chi connectivity index (χ2v) is 6.17. The van der Waals surface area contributed by atoms with E-state index in [1.807, 2.05) is 6.07 Å². The van der Waals surface area contributed by atoms with E-state index < -0.39 is 0 Å². The first-order valence-electron chi connectivity index (χ1n) is 7.32. The zero-order valence-corrected chi connectivity index (χ0v) is 14.4. The van der Waals surface area contributed by atoms with Crippen LogP contribution in [0.2, 0.25) is 0 Å². The summed E-state index contributed by atoms with van der Waals surface area (Å²) in [6.45, 7) is 0.734. The zero-order valence-electron chi connectivity index (χ0n) is 12.8. The van der Waals surface area contributed by atoms with Gasteiger partial charge in [0, 0.05) is 10.9 Å². The SMILES string of the molecule is COc1cc2c(cc1OC)[C@@H](Cc1ccccc1Br)OCC2. The summed E-state index contributed by atoms with van der Waals surface area (Å²) >= 11 is 3.61. The van der Waals surface area contributed by atoms with Crippen LogP contribution in [0.15, 0.2) is 40.9 Å². The van der Waals surface area contributed by atoms with Crippen LogP contribution in [0.1, 0.15) is 22.8 Å². The molecule has 1 heterocycles. The normalized spacial score (nSPS) is 17.0. The van der Waals surface area contributed by atoms with Crippen LogP contribution < -0.4 is 9.47 Å². The molecular formula is C18H19BrO3. The Morgan fingerprint density at radius 3 is 2.59 bits per heavy atom. The van der Waals surface area contributed by atoms with E-state index in [0.717, 1.165) is 35.4 Å². The molecule has 0 N–H and O–H groups in total. The van der Waals surface area contributed by atoms with Crippen LogP contribution in [0.4, 0.5) is 0 Å². The highest BCUT2D eigenvalue weighted by Gasteiger charge is 2.24. The monoisotopic (exact) mass is 362 g/mol. The van der Waals surface area contributed by atoms with Crippen LogP contribution in [-0.4, -0.2) is 20.8 Å². The predicted molar refractivity (Wildman–Crippen MR) is 89.8 cm³/mol. The molecular weight excluding hydrogens is 344 g/mol. The zero-order chi connectivity index (χ0) is 15.5. The van der Waals surface area contributed by atoms with E-state index in [0.29, 0.717) is 0 Å². The summed E-state index contributed by atoms with van der Waals surface area (Å²) in [7, 11) is 3.33. The van der Waals surface area contributed by atoms with Crippen LogP contribution in [0, 0.1) is 0 Å². The molecule has 0 saturated heterocycles. The minimum absolute atomic E-state index is 0.0438. The summed E-state index contributed by atoms with van der Waals surface area (Å²) in [5.41, 5.74) is 3.72. The maximum absolute atomic E-state index is 6.02. The van der Waals surface area contributed by atoms with Crippen molar-refractivity contribution < 1.29 is 14.2 Å². The second kappa shape index (κ2) is 6.71. The van der Waals surface area contributed by atoms with Gasteiger partial charge in [0.1, 0.15) is 0 Å². The van der Waals surface area contributed by atoms with Crippen molar-refractivity contribution in [3.63, 3.8) is 0 Å². The van der Waals surface area contributed by atoms with Gasteiger partial charge in [-0.05, 0) is 41.3 Å². The smallest absolute Gasteiger partial charge is 0.161 e. The molecule has 3 nitrogen and oxygen atoms in total. The van der Waals surface area contributed by atoms with E-state index in [9.17, 15) is 0 Å². The summed E-state index contributed by atoms with van der Waals surface area (Å²) in [6, 6.07) is 12.4. The molecule has 2 aromatic rings. The Morgan fingerprint density at radius 1 is 1.14 bits per heavy atom. The molecule has 0 amide bonds. The maximum Gasteiger partial charge on any atom is 0.161 e. The number of hydrogen-bond acceptors (Lipinski definition) is 3. The first-order valence-corrected chi connectivity index (χ1v) is 8.12. The van der Waals surface area contributed by atoms with Crippen molar-refractivity contribution in [2.45, 2.75) is 18.9 Å². The molecule has 0 unspecified atom stereocenters. The number of halogens is 1. The molecule has 0 saturated carbocycles. The molecule has 4 heteroatoms. The first kappa shape index (κ1) is 15.4. The van der Waals surface area contributed by atoms with E-state index in [4.69, 9.17) is 14.2 Å². The van der Waals surface area contributed by atoms with Gasteiger partial charge in [-0.3, -0.25) is 0 Å². The summed E-state index contributed by atoms with van der Waals surface area (Å²) in [5, 5.41) is 0. The van der Waals surface area contributed by atoms with Gasteiger partial charge >= 0.3 is 0 Å². The fourth-order valence-corrected chi connectivity index (χ4v) is 3.33. The van der Waals surface area contributed by atoms with Gasteiger partial charge in [0.15, 0.2) is 11.5 Å². The molecule has 22 heavy (non-hydrogen) atoms. The topological polar surface area (TPSA) is 27.7 Å². The van der Waals surface area contributed by atoms with Gasteiger partial charge in [-0.15, -0.1) is 0 Å². The Kier molecular flexibility index (Phi) is 4.69. The number of benzene rings is 2. The van der Waals surface area contributed by atoms with Gasteiger partial charge in [-0.1, -0.05) is 34.1 Å². The molecule has 0 fully saturated rings. The molecule has 0 bridgehead atoms. The Labute approximate surface area is 139 Å². The highest BCUT2D eigenvalue weighted by Crippen LogP contribution is 2.38. The van der Waals surface area contributed by atoms with Crippen LogP contribution in [0.25, 0.3) is 0 Å². The van der Waals surface area contributed by atoms with E-state index in [1.54, 1.807) is 14.2 Å². The average Bonchev–Trinajstić information content (AvgIpc) is 2.56. The Balaban J connectivity index is 1.95. The number of ether oxygens (including phenoxy) is 3. The van der Waals surface area contributed by atoms with Gasteiger partial charge in [-0.25, -0.2) is 0 Å². The van der Waals surface area contributed by atoms with Crippen LogP contribution in [-0.2, 0) is 17.6 Å². The van der Waals surface area contributed by atoms with Gasteiger partial charge < -0.3 is 14.2 Å². The first-order chi connectivity index (χ1) is 10.7. The molecule has 0 aliphatic carbocycles. The van der Waals surface area contributed by atoms with E-state index in [-0.39, 0.29) is 6.10 Å². The quantitative estimate of drug-likeness (QED) is 0.810. The average molecular weight is 363 g/mol. The molecule has 1 aliphatic heterocycles. The number of rotatable bonds is 4. The van der Waals surface area contributed by atoms with Crippen molar-refractivity contribution in [2.75, 3.05) is 20.8 Å². The van der Waals surface area contributed by atoms with Gasteiger partial charge in [0.2, 0.25) is 0 Å². The Morgan fingerprint density at radius 2 is 1.86 bits per heavy atom. The van der Waals surface area contributed by atoms with Crippen LogP contribution in [0.5, 0.6) is 11.5 Å². The fraction of sp³-hybridized carbons (Fsp3) is 0.333. The van der Waals surface area contributed by atoms with E-state index in [2.05, 4.69) is 46.3 Å². The van der Waals surface area contributed by atoms with E-state index in [1.165, 1.54) is 16.7 Å². The Bertz CT molecular complexity index is 669. The van der Waals surface area contributed by atoms with Crippen molar-refractivity contribution in [1.82, 2.24) is 0 Å². The van der Waals surface area contributed by atoms with Gasteiger partial charge in [0.05, 0.1) is 26.9 Å². The molecule has 116 valence electrons. The van der Waals surface area contributed by atoms with Crippen molar-refractivity contribution in [3.8, 4) is 11.5 Å². The third-order valence-electron chi connectivity index (χ3n) is 4.05. The number of methoxy groups -OCH3 is 2. The predicted octanol–water partition coefficient (Wildman–Crippen LogP) is 4.32. The minimum Gasteiger partial charge on any atom is -0.493 e. The third kappa shape index (κ3) is 2.99. The molecule has 1 atom stereocenters. The highest BCUT2D eigenvalue weighted by atomic mass is 79.9. The maximum atomic E-state index is 6.02. The van der Waals surface area contributed by atoms with Gasteiger partial charge in [0.25, 0.3) is 0 Å². The van der Waals surface area contributed by atoms with E-state index >= 15 is 0 Å². The number of hydrogen-bond donors (Lipinski definition) is 0. The van der Waals surface area contributed by atoms with Crippen molar-refractivity contribution in [1.29, 1.82) is 0 Å². The van der Waals surface area contributed by atoms with Crippen molar-refractivity contribution >= 4 is 15.9 Å². The standard InChI is InChI=1S/C18H19BrO3/c1-20-17-9-12-7-8-22-16(14(12)11-18(17)21-2)10-13-5-3-4-6-15(13)19/h3-6,9,11,16H,7-8,10H2,1-2H3/t16-/m1/s1. The Hall–Kier alpha value is -1.52. The lowest BCUT2D eigenvalue weighted by molar-refractivity contribution is 0.0423. The number of fused-ring (bicyclic) bond motifs is 1. The lowest BCUT2D eigenvalue weighted by Crippen LogP contribution is -2.18. The molecule has 0 radical (unpaired) electrons.